The maximum absolute atomic E-state index is 14.5. The number of hydrogen-bond donors (Lipinski definition) is 0. The minimum absolute atomic E-state index is 0.0739. The smallest absolute Gasteiger partial charge is 0.354 e. The van der Waals surface area contributed by atoms with Crippen molar-refractivity contribution in [3.8, 4) is 0 Å². The first kappa shape index (κ1) is 38.1. The van der Waals surface area contributed by atoms with Gasteiger partial charge in [0, 0.05) is 12.7 Å². The van der Waals surface area contributed by atoms with Crippen molar-refractivity contribution in [3.63, 3.8) is 0 Å². The first-order valence-electron chi connectivity index (χ1n) is 17.9. The summed E-state index contributed by atoms with van der Waals surface area (Å²) in [7, 11) is -3.87. The van der Waals surface area contributed by atoms with E-state index in [1.165, 1.54) is 12.7 Å². The Hall–Kier alpha value is -4.66. The van der Waals surface area contributed by atoms with Gasteiger partial charge in [0.1, 0.15) is 18.3 Å². The molecular weight excluding hydrogens is 685 g/mol. The summed E-state index contributed by atoms with van der Waals surface area (Å²) in [5.41, 5.74) is 4.65. The highest BCUT2D eigenvalue weighted by Gasteiger charge is 2.46. The molecule has 8 nitrogen and oxygen atoms in total. The fourth-order valence-electron chi connectivity index (χ4n) is 6.20. The normalized spacial score (nSPS) is 19.0. The minimum atomic E-state index is -3.87. The topological polar surface area (TPSA) is 83.5 Å². The molecule has 6 rings (SSSR count). The van der Waals surface area contributed by atoms with Crippen LogP contribution in [0.1, 0.15) is 34.7 Å². The number of hydrogen-bond acceptors (Lipinski definition) is 7. The summed E-state index contributed by atoms with van der Waals surface area (Å²) in [6.45, 7) is 2.77. The fraction of sp³-hybridized carbons (Fsp3) is 0.250. The molecule has 0 N–H and O–H groups in total. The molecule has 0 bridgehead atoms. The molecule has 1 fully saturated rings. The second-order valence-electron chi connectivity index (χ2n) is 12.9. The number of rotatable bonds is 17. The maximum Gasteiger partial charge on any atom is 0.354 e. The second kappa shape index (κ2) is 19.4. The Bertz CT molecular complexity index is 1850. The van der Waals surface area contributed by atoms with Gasteiger partial charge in [0.25, 0.3) is 0 Å². The SMILES string of the molecule is CC(=O)N1C[C@@H](OCc2ccccc2)[C@@H](OCc2ccccc2)[C@H](OCc2ccccc2)[C@H]1/C=C/P(=O)(OCc1ccccc1)OCc1ccccc1. The molecule has 0 aromatic heterocycles. The van der Waals surface area contributed by atoms with Gasteiger partial charge in [0.15, 0.2) is 0 Å². The summed E-state index contributed by atoms with van der Waals surface area (Å²) in [6, 6.07) is 48.0. The first-order chi connectivity index (χ1) is 26.0. The van der Waals surface area contributed by atoms with Gasteiger partial charge in [0.2, 0.25) is 5.91 Å². The fourth-order valence-corrected chi connectivity index (χ4v) is 7.49. The molecule has 9 heteroatoms. The first-order valence-corrected chi connectivity index (χ1v) is 19.5. The summed E-state index contributed by atoms with van der Waals surface area (Å²) >= 11 is 0. The van der Waals surface area contributed by atoms with Gasteiger partial charge in [-0.15, -0.1) is 0 Å². The molecule has 0 unspecified atom stereocenters. The maximum atomic E-state index is 14.5. The highest BCUT2D eigenvalue weighted by Crippen LogP contribution is 2.52. The van der Waals surface area contributed by atoms with Crippen LogP contribution in [-0.4, -0.2) is 41.7 Å². The van der Waals surface area contributed by atoms with Crippen LogP contribution in [-0.2, 0) is 65.7 Å². The van der Waals surface area contributed by atoms with Crippen molar-refractivity contribution in [2.45, 2.75) is 64.3 Å². The van der Waals surface area contributed by atoms with Crippen LogP contribution in [0.2, 0.25) is 0 Å². The summed E-state index contributed by atoms with van der Waals surface area (Å²) in [6.07, 6.45) is -0.142. The van der Waals surface area contributed by atoms with Crippen LogP contribution in [0.5, 0.6) is 0 Å². The zero-order valence-electron chi connectivity index (χ0n) is 29.9. The third kappa shape index (κ3) is 11.4. The van der Waals surface area contributed by atoms with Gasteiger partial charge in [-0.05, 0) is 27.8 Å². The van der Waals surface area contributed by atoms with E-state index in [0.29, 0.717) is 13.2 Å². The average Bonchev–Trinajstić information content (AvgIpc) is 3.21. The van der Waals surface area contributed by atoms with Gasteiger partial charge in [-0.1, -0.05) is 158 Å². The zero-order chi connectivity index (χ0) is 36.7. The molecule has 0 saturated carbocycles. The van der Waals surface area contributed by atoms with Gasteiger partial charge >= 0.3 is 7.60 Å². The lowest BCUT2D eigenvalue weighted by molar-refractivity contribution is -0.198. The molecule has 5 aromatic rings. The van der Waals surface area contributed by atoms with Gasteiger partial charge in [-0.25, -0.2) is 0 Å². The largest absolute Gasteiger partial charge is 0.369 e. The number of amides is 1. The van der Waals surface area contributed by atoms with Crippen LogP contribution < -0.4 is 0 Å². The molecule has 5 aromatic carbocycles. The Kier molecular flexibility index (Phi) is 14.0. The van der Waals surface area contributed by atoms with Crippen molar-refractivity contribution < 1.29 is 32.6 Å². The molecule has 1 aliphatic heterocycles. The van der Waals surface area contributed by atoms with Crippen molar-refractivity contribution in [1.82, 2.24) is 4.90 Å². The van der Waals surface area contributed by atoms with Gasteiger partial charge in [-0.2, -0.15) is 0 Å². The molecule has 0 spiro atoms. The molecule has 4 atom stereocenters. The Labute approximate surface area is 312 Å². The Morgan fingerprint density at radius 1 is 0.566 bits per heavy atom. The van der Waals surface area contributed by atoms with Crippen LogP contribution in [0.3, 0.4) is 0 Å². The highest BCUT2D eigenvalue weighted by atomic mass is 31.2. The van der Waals surface area contributed by atoms with Crippen LogP contribution in [0, 0.1) is 0 Å². The standard InChI is InChI=1S/C44H46NO7P/c1-35(46)45-29-42(48-30-36-17-7-2-8-18-36)44(50-32-38-21-11-4-12-22-38)43(49-31-37-19-9-3-10-20-37)41(45)27-28-53(47,51-33-39-23-13-5-14-24-39)52-34-40-25-15-6-16-26-40/h2-28,41-44H,29-34H2,1H3/b28-27+/t41-,42-,43-,44-/m1/s1. The zero-order valence-corrected chi connectivity index (χ0v) is 30.8. The lowest BCUT2D eigenvalue weighted by Crippen LogP contribution is -2.63. The Morgan fingerprint density at radius 3 is 1.32 bits per heavy atom. The van der Waals surface area contributed by atoms with Crippen LogP contribution in [0.25, 0.3) is 0 Å². The third-order valence-corrected chi connectivity index (χ3v) is 10.5. The number of nitrogens with zero attached hydrogens (tertiary/aromatic N) is 1. The molecule has 1 saturated heterocycles. The summed E-state index contributed by atoms with van der Waals surface area (Å²) < 4.78 is 46.7. The van der Waals surface area contributed by atoms with E-state index in [0.717, 1.165) is 27.8 Å². The summed E-state index contributed by atoms with van der Waals surface area (Å²) in [5, 5.41) is 0. The lowest BCUT2D eigenvalue weighted by atomic mass is 9.92. The van der Waals surface area contributed by atoms with E-state index in [4.69, 9.17) is 23.3 Å². The van der Waals surface area contributed by atoms with Crippen molar-refractivity contribution in [3.05, 3.63) is 191 Å². The van der Waals surface area contributed by atoms with Crippen LogP contribution in [0.15, 0.2) is 164 Å². The molecule has 1 aliphatic rings. The predicted molar refractivity (Wildman–Crippen MR) is 205 cm³/mol. The summed E-state index contributed by atoms with van der Waals surface area (Å²) in [4.78, 5) is 15.2. The quantitative estimate of drug-likeness (QED) is 0.0883. The number of carbonyl (C=O) groups excluding carboxylic acids is 1. The predicted octanol–water partition coefficient (Wildman–Crippen LogP) is 9.11. The lowest BCUT2D eigenvalue weighted by Gasteiger charge is -2.47. The second-order valence-corrected chi connectivity index (χ2v) is 14.8. The van der Waals surface area contributed by atoms with Crippen molar-refractivity contribution in [2.24, 2.45) is 0 Å². The van der Waals surface area contributed by atoms with Crippen molar-refractivity contribution in [1.29, 1.82) is 0 Å². The number of piperidine rings is 1. The molecule has 1 heterocycles. The van der Waals surface area contributed by atoms with E-state index in [-0.39, 0.29) is 32.3 Å². The van der Waals surface area contributed by atoms with Crippen molar-refractivity contribution in [2.75, 3.05) is 6.54 Å². The van der Waals surface area contributed by atoms with E-state index >= 15 is 0 Å². The average molecular weight is 732 g/mol. The number of carbonyl (C=O) groups is 1. The van der Waals surface area contributed by atoms with Crippen LogP contribution >= 0.6 is 7.60 Å². The third-order valence-electron chi connectivity index (χ3n) is 9.02. The van der Waals surface area contributed by atoms with E-state index in [1.807, 2.05) is 152 Å². The minimum Gasteiger partial charge on any atom is -0.369 e. The van der Waals surface area contributed by atoms with Gasteiger partial charge in [0.05, 0.1) is 45.6 Å². The highest BCUT2D eigenvalue weighted by molar-refractivity contribution is 7.57. The number of likely N-dealkylation sites (tertiary alicyclic amines) is 1. The number of benzene rings is 5. The summed E-state index contributed by atoms with van der Waals surface area (Å²) in [5.74, 6) is 1.28. The molecule has 1 amide bonds. The molecule has 274 valence electrons. The van der Waals surface area contributed by atoms with E-state index < -0.39 is 31.9 Å². The number of ether oxygens (including phenoxy) is 3. The van der Waals surface area contributed by atoms with Crippen molar-refractivity contribution >= 4 is 13.5 Å². The molecular formula is C44H46NO7P. The van der Waals surface area contributed by atoms with Gasteiger partial charge in [-0.3, -0.25) is 9.36 Å². The molecule has 0 aliphatic carbocycles. The molecule has 53 heavy (non-hydrogen) atoms. The molecule has 0 radical (unpaired) electrons. The van der Waals surface area contributed by atoms with E-state index in [9.17, 15) is 9.36 Å². The van der Waals surface area contributed by atoms with E-state index in [2.05, 4.69) is 0 Å². The monoisotopic (exact) mass is 731 g/mol. The Morgan fingerprint density at radius 2 is 0.925 bits per heavy atom. The van der Waals surface area contributed by atoms with E-state index in [1.54, 1.807) is 11.0 Å². The van der Waals surface area contributed by atoms with Gasteiger partial charge < -0.3 is 28.2 Å². The van der Waals surface area contributed by atoms with Crippen LogP contribution in [0.4, 0.5) is 0 Å². The Balaban J connectivity index is 1.34.